The molecule has 0 fully saturated rings. The molecule has 0 radical (unpaired) electrons. The molecule has 0 N–H and O–H groups in total. The van der Waals surface area contributed by atoms with E-state index in [0.29, 0.717) is 23.9 Å². The van der Waals surface area contributed by atoms with Crippen LogP contribution >= 0.6 is 0 Å². The molecule has 0 rings (SSSR count). The van der Waals surface area contributed by atoms with Gasteiger partial charge in [-0.3, -0.25) is 9.59 Å². The molecule has 0 aliphatic carbocycles. The summed E-state index contributed by atoms with van der Waals surface area (Å²) < 4.78 is 22.9. The van der Waals surface area contributed by atoms with Crippen molar-refractivity contribution >= 4 is 17.9 Å². The van der Waals surface area contributed by atoms with Gasteiger partial charge in [-0.05, 0) is 70.6 Å². The summed E-state index contributed by atoms with van der Waals surface area (Å²) in [7, 11) is 5.95. The molecule has 0 saturated heterocycles. The summed E-state index contributed by atoms with van der Waals surface area (Å²) in [4.78, 5) is 37.6. The Morgan fingerprint density at radius 1 is 0.323 bits per heavy atom. The lowest BCUT2D eigenvalue weighted by Gasteiger charge is -2.26. The smallest absolute Gasteiger partial charge is 0.306 e. The van der Waals surface area contributed by atoms with Crippen molar-refractivity contribution in [3.63, 3.8) is 0 Å². The SMILES string of the molecule is CC/C=C\C/C=C\C/C=C\C/C=C\C/C=C\C/C=C\C/C=C\CCCCCCCCCCCCCCCC(=O)OC(COC(=O)CCCCCCCCCCCCCCCCCCCCCCCCCCCCCCCCCCCCCC)COC(OCC[N+](C)(C)C)C(=O)[O-]. The van der Waals surface area contributed by atoms with Gasteiger partial charge in [0.25, 0.3) is 0 Å². The first-order valence-corrected chi connectivity index (χ1v) is 41.2. The van der Waals surface area contributed by atoms with Crippen LogP contribution in [-0.4, -0.2) is 82.3 Å². The van der Waals surface area contributed by atoms with Crippen molar-refractivity contribution in [2.75, 3.05) is 47.5 Å². The molecule has 0 aromatic heterocycles. The lowest BCUT2D eigenvalue weighted by molar-refractivity contribution is -0.870. The van der Waals surface area contributed by atoms with E-state index in [1.807, 2.05) is 21.1 Å². The first-order valence-electron chi connectivity index (χ1n) is 41.2. The van der Waals surface area contributed by atoms with Crippen LogP contribution in [0.4, 0.5) is 0 Å². The van der Waals surface area contributed by atoms with E-state index in [1.54, 1.807) is 0 Å². The van der Waals surface area contributed by atoms with Crippen LogP contribution in [0.2, 0.25) is 0 Å². The van der Waals surface area contributed by atoms with Crippen molar-refractivity contribution in [1.29, 1.82) is 0 Å². The predicted octanol–water partition coefficient (Wildman–Crippen LogP) is 25.2. The fraction of sp³-hybridized carbons (Fsp3) is 0.805. The van der Waals surface area contributed by atoms with Crippen LogP contribution in [0.3, 0.4) is 0 Å². The van der Waals surface area contributed by atoms with Crippen molar-refractivity contribution < 1.29 is 42.9 Å². The van der Waals surface area contributed by atoms with Crippen LogP contribution in [0.1, 0.15) is 393 Å². The van der Waals surface area contributed by atoms with Gasteiger partial charge in [0.15, 0.2) is 12.4 Å². The van der Waals surface area contributed by atoms with Gasteiger partial charge >= 0.3 is 11.9 Å². The minimum atomic E-state index is -1.62. The van der Waals surface area contributed by atoms with Gasteiger partial charge < -0.3 is 33.3 Å². The lowest BCUT2D eigenvalue weighted by atomic mass is 10.0. The number of carbonyl (C=O) groups is 3. The van der Waals surface area contributed by atoms with E-state index in [0.717, 1.165) is 83.5 Å². The Balaban J connectivity index is 3.99. The number of esters is 2. The average Bonchev–Trinajstić information content (AvgIpc) is 2.43. The van der Waals surface area contributed by atoms with E-state index in [1.165, 1.54) is 276 Å². The molecule has 96 heavy (non-hydrogen) atoms. The molecule has 2 atom stereocenters. The summed E-state index contributed by atoms with van der Waals surface area (Å²) in [5, 5.41) is 11.9. The molecule has 0 aliphatic rings. The fourth-order valence-corrected chi connectivity index (χ4v) is 12.2. The molecule has 0 spiro atoms. The Labute approximate surface area is 595 Å². The van der Waals surface area contributed by atoms with Crippen LogP contribution in [0.15, 0.2) is 85.1 Å². The largest absolute Gasteiger partial charge is 0.545 e. The maximum Gasteiger partial charge on any atom is 0.306 e. The maximum absolute atomic E-state index is 13.0. The van der Waals surface area contributed by atoms with Crippen LogP contribution in [-0.2, 0) is 33.3 Å². The number of rotatable bonds is 77. The van der Waals surface area contributed by atoms with Crippen molar-refractivity contribution in [1.82, 2.24) is 0 Å². The molecule has 0 bridgehead atoms. The topological polar surface area (TPSA) is 111 Å². The Hall–Kier alpha value is -3.53. The van der Waals surface area contributed by atoms with E-state index in [4.69, 9.17) is 18.9 Å². The second-order valence-electron chi connectivity index (χ2n) is 29.0. The summed E-state index contributed by atoms with van der Waals surface area (Å²) in [6.07, 6.45) is 103. The highest BCUT2D eigenvalue weighted by Crippen LogP contribution is 2.20. The van der Waals surface area contributed by atoms with Gasteiger partial charge in [-0.1, -0.05) is 394 Å². The van der Waals surface area contributed by atoms with E-state index in [2.05, 4.69) is 98.9 Å². The summed E-state index contributed by atoms with van der Waals surface area (Å²) in [5.41, 5.74) is 0. The van der Waals surface area contributed by atoms with Gasteiger partial charge in [0.2, 0.25) is 0 Å². The number of carboxylic acids is 1. The van der Waals surface area contributed by atoms with E-state index >= 15 is 0 Å². The molecule has 0 aromatic rings. The number of nitrogens with zero attached hydrogens (tertiary/aromatic N) is 1. The highest BCUT2D eigenvalue weighted by atomic mass is 16.7. The minimum Gasteiger partial charge on any atom is -0.545 e. The number of carbonyl (C=O) groups excluding carboxylic acids is 3. The molecule has 558 valence electrons. The number of ether oxygens (including phenoxy) is 4. The Morgan fingerprint density at radius 3 is 0.885 bits per heavy atom. The zero-order valence-corrected chi connectivity index (χ0v) is 64.0. The predicted molar refractivity (Wildman–Crippen MR) is 412 cm³/mol. The van der Waals surface area contributed by atoms with Gasteiger partial charge in [0, 0.05) is 12.8 Å². The summed E-state index contributed by atoms with van der Waals surface area (Å²) in [5.74, 6) is -2.26. The van der Waals surface area contributed by atoms with Crippen molar-refractivity contribution in [3.05, 3.63) is 85.1 Å². The molecule has 0 aromatic carbocycles. The molecule has 0 amide bonds. The van der Waals surface area contributed by atoms with E-state index in [-0.39, 0.29) is 32.2 Å². The molecule has 9 heteroatoms. The second-order valence-corrected chi connectivity index (χ2v) is 29.0. The third kappa shape index (κ3) is 77.8. The number of hydrogen-bond acceptors (Lipinski definition) is 8. The zero-order chi connectivity index (χ0) is 69.7. The quantitative estimate of drug-likeness (QED) is 0.0195. The number of hydrogen-bond donors (Lipinski definition) is 0. The number of likely N-dealkylation sites (N-methyl/N-ethyl adjacent to an activating group) is 1. The van der Waals surface area contributed by atoms with Crippen LogP contribution < -0.4 is 5.11 Å². The summed E-state index contributed by atoms with van der Waals surface area (Å²) in [6, 6.07) is 0. The minimum absolute atomic E-state index is 0.147. The molecule has 0 aliphatic heterocycles. The first kappa shape index (κ1) is 92.5. The van der Waals surface area contributed by atoms with E-state index in [9.17, 15) is 19.5 Å². The Bertz CT molecular complexity index is 1860. The Morgan fingerprint density at radius 2 is 0.594 bits per heavy atom. The monoisotopic (exact) mass is 1340 g/mol. The van der Waals surface area contributed by atoms with Crippen molar-refractivity contribution in [2.24, 2.45) is 0 Å². The number of unbranched alkanes of at least 4 members (excludes halogenated alkanes) is 48. The molecule has 0 saturated carbocycles. The highest BCUT2D eigenvalue weighted by molar-refractivity contribution is 5.70. The van der Waals surface area contributed by atoms with Crippen LogP contribution in [0.25, 0.3) is 0 Å². The third-order valence-corrected chi connectivity index (χ3v) is 18.4. The average molecular weight is 1350 g/mol. The van der Waals surface area contributed by atoms with Crippen molar-refractivity contribution in [2.45, 2.75) is 405 Å². The standard InChI is InChI=1S/C87H157NO8/c1-6-8-10-12-14-16-18-20-22-24-26-28-30-32-34-36-38-40-42-44-45-47-49-51-53-55-57-59-61-63-65-67-69-71-73-75-77-84(89)94-81-83(82-95-87(86(91)92)93-80-79-88(3,4)5)96-85(90)78-76-74-72-70-68-66-64-62-60-58-56-54-52-50-48-46-43-41-39-37-35-33-31-29-27-25-23-21-19-17-15-13-11-9-7-2/h9,11,15,17,21,23,27,29,33,35,39,41,46,48,83,87H,6-8,10,12-14,16,18-20,22,24-26,28,30-32,34,36-38,40,42-45,47,49-82H2,1-5H3/b11-9-,17-15-,23-21-,29-27-,35-33-,41-39-,48-46-. The second kappa shape index (κ2) is 77.2. The van der Waals surface area contributed by atoms with Gasteiger partial charge in [-0.25, -0.2) is 0 Å². The van der Waals surface area contributed by atoms with Gasteiger partial charge in [0.1, 0.15) is 13.2 Å². The van der Waals surface area contributed by atoms with Crippen molar-refractivity contribution in [3.8, 4) is 0 Å². The molecule has 9 nitrogen and oxygen atoms in total. The first-order chi connectivity index (χ1) is 47.1. The van der Waals surface area contributed by atoms with Gasteiger partial charge in [-0.15, -0.1) is 0 Å². The number of allylic oxidation sites excluding steroid dienone is 14. The lowest BCUT2D eigenvalue weighted by Crippen LogP contribution is -2.44. The maximum atomic E-state index is 13.0. The highest BCUT2D eigenvalue weighted by Gasteiger charge is 2.22. The van der Waals surface area contributed by atoms with E-state index < -0.39 is 24.3 Å². The van der Waals surface area contributed by atoms with Gasteiger partial charge in [0.05, 0.1) is 40.3 Å². The van der Waals surface area contributed by atoms with Crippen LogP contribution in [0.5, 0.6) is 0 Å². The molecule has 0 heterocycles. The normalized spacial score (nSPS) is 13.1. The fourth-order valence-electron chi connectivity index (χ4n) is 12.2. The molecule has 2 unspecified atom stereocenters. The van der Waals surface area contributed by atoms with Gasteiger partial charge in [-0.2, -0.15) is 0 Å². The zero-order valence-electron chi connectivity index (χ0n) is 64.0. The van der Waals surface area contributed by atoms with Crippen LogP contribution in [0, 0.1) is 0 Å². The summed E-state index contributed by atoms with van der Waals surface area (Å²) >= 11 is 0. The number of aliphatic carboxylic acids is 1. The number of quaternary nitrogens is 1. The third-order valence-electron chi connectivity index (χ3n) is 18.4. The molecular weight excluding hydrogens is 1190 g/mol. The number of carboxylic acid groups (broad SMARTS) is 1. The molecular formula is C87H157NO8. The summed E-state index contributed by atoms with van der Waals surface area (Å²) in [6.45, 7) is 4.69. The Kier molecular flexibility index (Phi) is 74.4.